The van der Waals surface area contributed by atoms with Gasteiger partial charge in [0.05, 0.1) is 27.4 Å². The van der Waals surface area contributed by atoms with Gasteiger partial charge in [0, 0.05) is 35.8 Å². The van der Waals surface area contributed by atoms with E-state index in [9.17, 15) is 4.79 Å². The van der Waals surface area contributed by atoms with Crippen LogP contribution < -0.4 is 29.9 Å². The summed E-state index contributed by atoms with van der Waals surface area (Å²) in [5, 5.41) is 4.78. The first-order valence-electron chi connectivity index (χ1n) is 12.5. The molecule has 1 N–H and O–H groups in total. The second-order valence-corrected chi connectivity index (χ2v) is 9.63. The van der Waals surface area contributed by atoms with E-state index in [0.29, 0.717) is 41.1 Å². The molecule has 5 rings (SSSR count). The van der Waals surface area contributed by atoms with Crippen LogP contribution >= 0.6 is 12.2 Å². The number of ether oxygens (including phenoxy) is 4. The molecule has 1 aromatic heterocycles. The summed E-state index contributed by atoms with van der Waals surface area (Å²) in [6.07, 6.45) is 0.770. The quantitative estimate of drug-likeness (QED) is 0.239. The highest BCUT2D eigenvalue weighted by molar-refractivity contribution is 7.80. The maximum absolute atomic E-state index is 11.9. The van der Waals surface area contributed by atoms with Gasteiger partial charge in [-0.15, -0.1) is 0 Å². The van der Waals surface area contributed by atoms with E-state index in [1.807, 2.05) is 55.5 Å². The Morgan fingerprint density at radius 3 is 2.56 bits per heavy atom. The average Bonchev–Trinajstić information content (AvgIpc) is 2.94. The third-order valence-electron chi connectivity index (χ3n) is 6.92. The van der Waals surface area contributed by atoms with Crippen LogP contribution in [-0.4, -0.2) is 44.5 Å². The Morgan fingerprint density at radius 1 is 1.00 bits per heavy atom. The summed E-state index contributed by atoms with van der Waals surface area (Å²) in [6.45, 7) is 2.86. The highest BCUT2D eigenvalue weighted by Crippen LogP contribution is 2.39. The predicted octanol–water partition coefficient (Wildman–Crippen LogP) is 5.50. The van der Waals surface area contributed by atoms with Crippen molar-refractivity contribution >= 4 is 34.0 Å². The fraction of sp³-hybridized carbons (Fsp3) is 0.267. The van der Waals surface area contributed by atoms with E-state index in [0.717, 1.165) is 39.9 Å². The van der Waals surface area contributed by atoms with Crippen molar-refractivity contribution in [2.75, 3.05) is 39.8 Å². The van der Waals surface area contributed by atoms with Crippen molar-refractivity contribution in [2.24, 2.45) is 0 Å². The fourth-order valence-corrected chi connectivity index (χ4v) is 5.25. The standard InChI is InChI=1S/C30H30N2O6S/c1-18-12-29(33)38-26-15-22(8-9-23(18)26)37-17-25-24-16-28(36-4)27(35-3)13-19(24)10-11-32(25)30(39)31-20-6-5-7-21(14-20)34-2/h5-9,12-16,25H,10-11,17H2,1-4H3,(H,31,39)/t25-/m0/s1. The Bertz CT molecular complexity index is 1580. The molecule has 4 aromatic rings. The predicted molar refractivity (Wildman–Crippen MR) is 155 cm³/mol. The number of hydrogen-bond acceptors (Lipinski definition) is 7. The van der Waals surface area contributed by atoms with Crippen LogP contribution in [0.2, 0.25) is 0 Å². The van der Waals surface area contributed by atoms with Gasteiger partial charge in [0.25, 0.3) is 0 Å². The lowest BCUT2D eigenvalue weighted by Crippen LogP contribution is -2.44. The lowest BCUT2D eigenvalue weighted by molar-refractivity contribution is 0.190. The summed E-state index contributed by atoms with van der Waals surface area (Å²) in [5.41, 5.74) is 3.96. The molecule has 0 radical (unpaired) electrons. The molecule has 0 bridgehead atoms. The Hall–Kier alpha value is -4.24. The van der Waals surface area contributed by atoms with Crippen LogP contribution in [0.5, 0.6) is 23.0 Å². The van der Waals surface area contributed by atoms with E-state index in [1.165, 1.54) is 6.07 Å². The number of thiocarbonyl (C=S) groups is 1. The minimum Gasteiger partial charge on any atom is -0.497 e. The average molecular weight is 547 g/mol. The summed E-state index contributed by atoms with van der Waals surface area (Å²) in [5.74, 6) is 2.65. The van der Waals surface area contributed by atoms with Crippen LogP contribution in [-0.2, 0) is 6.42 Å². The topological polar surface area (TPSA) is 82.4 Å². The van der Waals surface area contributed by atoms with Crippen molar-refractivity contribution in [3.63, 3.8) is 0 Å². The normalized spacial score (nSPS) is 14.5. The number of benzene rings is 3. The molecule has 0 spiro atoms. The van der Waals surface area contributed by atoms with Gasteiger partial charge in [0.1, 0.15) is 23.7 Å². The zero-order valence-electron chi connectivity index (χ0n) is 22.3. The molecule has 0 unspecified atom stereocenters. The molecule has 2 heterocycles. The molecule has 0 saturated heterocycles. The molecule has 0 aliphatic carbocycles. The Balaban J connectivity index is 1.47. The fourth-order valence-electron chi connectivity index (χ4n) is 4.92. The number of anilines is 1. The van der Waals surface area contributed by atoms with Gasteiger partial charge < -0.3 is 33.6 Å². The molecule has 9 heteroatoms. The summed E-state index contributed by atoms with van der Waals surface area (Å²) < 4.78 is 28.2. The summed E-state index contributed by atoms with van der Waals surface area (Å²) in [4.78, 5) is 14.0. The van der Waals surface area contributed by atoms with Crippen LogP contribution in [0.3, 0.4) is 0 Å². The molecular formula is C30H30N2O6S. The smallest absolute Gasteiger partial charge is 0.336 e. The lowest BCUT2D eigenvalue weighted by Gasteiger charge is -2.39. The molecule has 3 aromatic carbocycles. The monoisotopic (exact) mass is 546 g/mol. The van der Waals surface area contributed by atoms with Crippen molar-refractivity contribution in [3.8, 4) is 23.0 Å². The molecule has 8 nitrogen and oxygen atoms in total. The molecule has 1 aliphatic rings. The first kappa shape index (κ1) is 26.4. The van der Waals surface area contributed by atoms with Crippen molar-refractivity contribution < 1.29 is 23.4 Å². The van der Waals surface area contributed by atoms with Gasteiger partial charge in [0.2, 0.25) is 0 Å². The number of fused-ring (bicyclic) bond motifs is 2. The van der Waals surface area contributed by atoms with Crippen LogP contribution in [0.4, 0.5) is 5.69 Å². The first-order valence-corrected chi connectivity index (χ1v) is 12.9. The van der Waals surface area contributed by atoms with Crippen molar-refractivity contribution in [3.05, 3.63) is 87.8 Å². The number of nitrogens with one attached hydrogen (secondary N) is 1. The van der Waals surface area contributed by atoms with Gasteiger partial charge in [-0.2, -0.15) is 0 Å². The van der Waals surface area contributed by atoms with Gasteiger partial charge in [-0.05, 0) is 78.7 Å². The Kier molecular flexibility index (Phi) is 7.60. The molecular weight excluding hydrogens is 516 g/mol. The summed E-state index contributed by atoms with van der Waals surface area (Å²) in [7, 11) is 4.89. The number of rotatable bonds is 7. The van der Waals surface area contributed by atoms with Crippen molar-refractivity contribution in [2.45, 2.75) is 19.4 Å². The number of nitrogens with zero attached hydrogens (tertiary/aromatic N) is 1. The summed E-state index contributed by atoms with van der Waals surface area (Å²) >= 11 is 5.89. The highest BCUT2D eigenvalue weighted by Gasteiger charge is 2.31. The first-order chi connectivity index (χ1) is 18.9. The van der Waals surface area contributed by atoms with Gasteiger partial charge >= 0.3 is 5.63 Å². The summed E-state index contributed by atoms with van der Waals surface area (Å²) in [6, 6.07) is 18.4. The van der Waals surface area contributed by atoms with E-state index in [1.54, 1.807) is 27.4 Å². The van der Waals surface area contributed by atoms with Crippen LogP contribution in [0.25, 0.3) is 11.0 Å². The van der Waals surface area contributed by atoms with E-state index in [4.69, 9.17) is 35.6 Å². The SMILES string of the molecule is COc1cccc(NC(=S)N2CCc3cc(OC)c(OC)cc3[C@@H]2COc2ccc3c(C)cc(=O)oc3c2)c1. The Labute approximate surface area is 232 Å². The van der Waals surface area contributed by atoms with Crippen LogP contribution in [0.1, 0.15) is 22.7 Å². The van der Waals surface area contributed by atoms with E-state index >= 15 is 0 Å². The van der Waals surface area contributed by atoms with Crippen molar-refractivity contribution in [1.82, 2.24) is 4.90 Å². The minimum atomic E-state index is -0.389. The maximum atomic E-state index is 11.9. The number of methoxy groups -OCH3 is 3. The minimum absolute atomic E-state index is 0.223. The molecule has 1 atom stereocenters. The maximum Gasteiger partial charge on any atom is 0.336 e. The van der Waals surface area contributed by atoms with E-state index < -0.39 is 0 Å². The third kappa shape index (κ3) is 5.49. The van der Waals surface area contributed by atoms with E-state index in [2.05, 4.69) is 10.2 Å². The zero-order valence-corrected chi connectivity index (χ0v) is 23.1. The van der Waals surface area contributed by atoms with Gasteiger partial charge in [-0.1, -0.05) is 6.07 Å². The highest BCUT2D eigenvalue weighted by atomic mass is 32.1. The number of hydrogen-bond donors (Lipinski definition) is 1. The molecule has 0 fully saturated rings. The Morgan fingerprint density at radius 2 is 1.79 bits per heavy atom. The largest absolute Gasteiger partial charge is 0.497 e. The number of aryl methyl sites for hydroxylation is 1. The van der Waals surface area contributed by atoms with Crippen LogP contribution in [0, 0.1) is 6.92 Å². The lowest BCUT2D eigenvalue weighted by atomic mass is 9.92. The molecule has 39 heavy (non-hydrogen) atoms. The molecule has 0 amide bonds. The second-order valence-electron chi connectivity index (χ2n) is 9.24. The molecule has 0 saturated carbocycles. The molecule has 202 valence electrons. The van der Waals surface area contributed by atoms with Gasteiger partial charge in [-0.25, -0.2) is 4.79 Å². The van der Waals surface area contributed by atoms with Gasteiger partial charge in [-0.3, -0.25) is 0 Å². The van der Waals surface area contributed by atoms with Crippen LogP contribution in [0.15, 0.2) is 69.9 Å². The zero-order chi connectivity index (χ0) is 27.5. The third-order valence-corrected chi connectivity index (χ3v) is 7.25. The molecule has 1 aliphatic heterocycles. The van der Waals surface area contributed by atoms with E-state index in [-0.39, 0.29) is 11.7 Å². The van der Waals surface area contributed by atoms with Gasteiger partial charge in [0.15, 0.2) is 16.6 Å². The van der Waals surface area contributed by atoms with Crippen molar-refractivity contribution in [1.29, 1.82) is 0 Å². The second kappa shape index (κ2) is 11.2.